The van der Waals surface area contributed by atoms with Crippen LogP contribution in [0.5, 0.6) is 0 Å². The third kappa shape index (κ3) is 4.82. The van der Waals surface area contributed by atoms with Gasteiger partial charge in [0.1, 0.15) is 0 Å². The summed E-state index contributed by atoms with van der Waals surface area (Å²) < 4.78 is 43.3. The van der Waals surface area contributed by atoms with Crippen molar-refractivity contribution in [1.29, 1.82) is 0 Å². The number of aromatic nitrogens is 2. The van der Waals surface area contributed by atoms with E-state index >= 15 is 0 Å². The van der Waals surface area contributed by atoms with Gasteiger partial charge in [-0.1, -0.05) is 67.9 Å². The molecule has 0 spiro atoms. The fraction of sp³-hybridized carbons (Fsp3) is 0.286. The molecule has 0 aliphatic rings. The second kappa shape index (κ2) is 8.46. The lowest BCUT2D eigenvalue weighted by molar-refractivity contribution is -0.174. The number of carbonyl (C=O) groups excluding carboxylic acids is 1. The first kappa shape index (κ1) is 20.6. The van der Waals surface area contributed by atoms with E-state index in [0.717, 1.165) is 5.56 Å². The maximum atomic E-state index is 12.7. The number of benzene rings is 2. The fourth-order valence-corrected chi connectivity index (χ4v) is 2.89. The van der Waals surface area contributed by atoms with Crippen molar-refractivity contribution in [2.24, 2.45) is 5.92 Å². The number of nitrogens with zero attached hydrogens (tertiary/aromatic N) is 2. The molecule has 0 aliphatic heterocycles. The predicted octanol–water partition coefficient (Wildman–Crippen LogP) is 5.17. The minimum Gasteiger partial charge on any atom is -0.341 e. The van der Waals surface area contributed by atoms with Crippen LogP contribution in [0.1, 0.15) is 31.9 Å². The number of halogens is 3. The standard InChI is InChI=1S/C21H20F3N3O2/c1-3-13(2)17(25-20(28)21(22,23)24)14-9-11-15(12-10-14)18-26-19(29-27-18)16-7-5-4-6-8-16/h4-13,17H,3H2,1-2H3,(H,25,28). The van der Waals surface area contributed by atoms with Crippen LogP contribution in [0.25, 0.3) is 22.8 Å². The molecule has 152 valence electrons. The van der Waals surface area contributed by atoms with E-state index in [2.05, 4.69) is 15.5 Å². The van der Waals surface area contributed by atoms with Gasteiger partial charge in [-0.3, -0.25) is 4.79 Å². The Hall–Kier alpha value is -3.16. The number of nitrogens with one attached hydrogen (secondary N) is 1. The highest BCUT2D eigenvalue weighted by Crippen LogP contribution is 2.29. The van der Waals surface area contributed by atoms with Crippen molar-refractivity contribution in [3.05, 3.63) is 60.2 Å². The first-order chi connectivity index (χ1) is 13.8. The molecule has 2 atom stereocenters. The van der Waals surface area contributed by atoms with Gasteiger partial charge < -0.3 is 9.84 Å². The van der Waals surface area contributed by atoms with E-state index in [9.17, 15) is 18.0 Å². The SMILES string of the molecule is CCC(C)C(NC(=O)C(F)(F)F)c1ccc(-c2noc(-c3ccccc3)n2)cc1. The summed E-state index contributed by atoms with van der Waals surface area (Å²) >= 11 is 0. The van der Waals surface area contributed by atoms with Crippen LogP contribution in [0, 0.1) is 5.92 Å². The van der Waals surface area contributed by atoms with Gasteiger partial charge in [0.25, 0.3) is 5.89 Å². The molecule has 0 aliphatic carbocycles. The number of alkyl halides is 3. The highest BCUT2D eigenvalue weighted by Gasteiger charge is 2.40. The van der Waals surface area contributed by atoms with Gasteiger partial charge >= 0.3 is 12.1 Å². The molecule has 2 aromatic carbocycles. The topological polar surface area (TPSA) is 68.0 Å². The quantitative estimate of drug-likeness (QED) is 0.617. The average molecular weight is 403 g/mol. The zero-order valence-corrected chi connectivity index (χ0v) is 15.9. The van der Waals surface area contributed by atoms with Crippen LogP contribution in [0.15, 0.2) is 59.1 Å². The molecule has 1 N–H and O–H groups in total. The molecule has 0 saturated carbocycles. The van der Waals surface area contributed by atoms with Crippen molar-refractivity contribution in [1.82, 2.24) is 15.5 Å². The lowest BCUT2D eigenvalue weighted by atomic mass is 9.91. The van der Waals surface area contributed by atoms with Crippen molar-refractivity contribution >= 4 is 5.91 Å². The number of amides is 1. The Labute approximate surface area is 165 Å². The Morgan fingerprint density at radius 3 is 2.31 bits per heavy atom. The van der Waals surface area contributed by atoms with Gasteiger partial charge in [0.05, 0.1) is 6.04 Å². The van der Waals surface area contributed by atoms with Crippen LogP contribution in [-0.2, 0) is 4.79 Å². The molecule has 2 unspecified atom stereocenters. The van der Waals surface area contributed by atoms with Gasteiger partial charge in [-0.25, -0.2) is 0 Å². The van der Waals surface area contributed by atoms with Crippen molar-refractivity contribution in [3.8, 4) is 22.8 Å². The smallest absolute Gasteiger partial charge is 0.341 e. The molecule has 1 amide bonds. The maximum absolute atomic E-state index is 12.7. The van der Waals surface area contributed by atoms with Crippen LogP contribution in [0.3, 0.4) is 0 Å². The molecule has 8 heteroatoms. The van der Waals surface area contributed by atoms with Crippen LogP contribution in [-0.4, -0.2) is 22.2 Å². The van der Waals surface area contributed by atoms with Gasteiger partial charge in [-0.2, -0.15) is 18.2 Å². The van der Waals surface area contributed by atoms with Crippen molar-refractivity contribution in [2.75, 3.05) is 0 Å². The monoisotopic (exact) mass is 403 g/mol. The number of hydrogen-bond donors (Lipinski definition) is 1. The molecule has 3 aromatic rings. The number of hydrogen-bond acceptors (Lipinski definition) is 4. The summed E-state index contributed by atoms with van der Waals surface area (Å²) in [5, 5.41) is 6.06. The van der Waals surface area contributed by atoms with Gasteiger partial charge in [0.15, 0.2) is 0 Å². The number of carbonyl (C=O) groups is 1. The fourth-order valence-electron chi connectivity index (χ4n) is 2.89. The summed E-state index contributed by atoms with van der Waals surface area (Å²) in [7, 11) is 0. The van der Waals surface area contributed by atoms with Crippen molar-refractivity contribution in [2.45, 2.75) is 32.5 Å². The van der Waals surface area contributed by atoms with Crippen LogP contribution in [0.4, 0.5) is 13.2 Å². The number of rotatable bonds is 6. The summed E-state index contributed by atoms with van der Waals surface area (Å²) in [6.07, 6.45) is -4.32. The molecule has 5 nitrogen and oxygen atoms in total. The highest BCUT2D eigenvalue weighted by molar-refractivity contribution is 5.82. The maximum Gasteiger partial charge on any atom is 0.471 e. The molecule has 0 fully saturated rings. The van der Waals surface area contributed by atoms with E-state index in [1.54, 1.807) is 31.2 Å². The van der Waals surface area contributed by atoms with E-state index in [0.29, 0.717) is 29.3 Å². The minimum atomic E-state index is -4.93. The van der Waals surface area contributed by atoms with Crippen LogP contribution < -0.4 is 5.32 Å². The van der Waals surface area contributed by atoms with Crippen molar-refractivity contribution in [3.63, 3.8) is 0 Å². The van der Waals surface area contributed by atoms with Crippen molar-refractivity contribution < 1.29 is 22.5 Å². The molecule has 0 saturated heterocycles. The summed E-state index contributed by atoms with van der Waals surface area (Å²) in [6.45, 7) is 3.65. The molecule has 0 bridgehead atoms. The average Bonchev–Trinajstić information content (AvgIpc) is 3.21. The van der Waals surface area contributed by atoms with E-state index in [4.69, 9.17) is 4.52 Å². The van der Waals surface area contributed by atoms with E-state index in [-0.39, 0.29) is 5.92 Å². The highest BCUT2D eigenvalue weighted by atomic mass is 19.4. The molecule has 0 radical (unpaired) electrons. The first-order valence-electron chi connectivity index (χ1n) is 9.16. The summed E-state index contributed by atoms with van der Waals surface area (Å²) in [4.78, 5) is 15.8. The van der Waals surface area contributed by atoms with Crippen LogP contribution in [0.2, 0.25) is 0 Å². The normalized spacial score (nSPS) is 13.7. The van der Waals surface area contributed by atoms with Gasteiger partial charge in [-0.15, -0.1) is 0 Å². The van der Waals surface area contributed by atoms with Gasteiger partial charge in [-0.05, 0) is 23.6 Å². The Morgan fingerprint density at radius 2 is 1.72 bits per heavy atom. The second-order valence-electron chi connectivity index (χ2n) is 6.75. The molecule has 29 heavy (non-hydrogen) atoms. The minimum absolute atomic E-state index is 0.179. The molecular weight excluding hydrogens is 383 g/mol. The third-order valence-electron chi connectivity index (χ3n) is 4.73. The van der Waals surface area contributed by atoms with E-state index in [1.807, 2.05) is 37.3 Å². The van der Waals surface area contributed by atoms with Gasteiger partial charge in [0, 0.05) is 11.1 Å². The molecule has 1 heterocycles. The lowest BCUT2D eigenvalue weighted by Gasteiger charge is -2.25. The molecular formula is C21H20F3N3O2. The lowest BCUT2D eigenvalue weighted by Crippen LogP contribution is -2.41. The summed E-state index contributed by atoms with van der Waals surface area (Å²) in [5.41, 5.74) is 2.02. The zero-order chi connectivity index (χ0) is 21.0. The Balaban J connectivity index is 1.82. The van der Waals surface area contributed by atoms with E-state index in [1.165, 1.54) is 0 Å². The largest absolute Gasteiger partial charge is 0.471 e. The Morgan fingerprint density at radius 1 is 1.07 bits per heavy atom. The third-order valence-corrected chi connectivity index (χ3v) is 4.73. The molecule has 3 rings (SSSR count). The summed E-state index contributed by atoms with van der Waals surface area (Å²) in [5.74, 6) is -1.38. The predicted molar refractivity (Wildman–Crippen MR) is 102 cm³/mol. The van der Waals surface area contributed by atoms with Gasteiger partial charge in [0.2, 0.25) is 5.82 Å². The Bertz CT molecular complexity index is 953. The van der Waals surface area contributed by atoms with E-state index < -0.39 is 18.1 Å². The molecule has 1 aromatic heterocycles. The first-order valence-corrected chi connectivity index (χ1v) is 9.16. The van der Waals surface area contributed by atoms with Crippen LogP contribution >= 0.6 is 0 Å². The summed E-state index contributed by atoms with van der Waals surface area (Å²) in [6, 6.07) is 15.3. The Kier molecular flexibility index (Phi) is 6.00. The second-order valence-corrected chi connectivity index (χ2v) is 6.75. The zero-order valence-electron chi connectivity index (χ0n) is 15.9.